The zero-order valence-corrected chi connectivity index (χ0v) is 10.8. The molecule has 1 aromatic rings. The second-order valence-corrected chi connectivity index (χ2v) is 4.92. The van der Waals surface area contributed by atoms with Crippen LogP contribution < -0.4 is 5.32 Å². The molecule has 2 atom stereocenters. The topological polar surface area (TPSA) is 32.3 Å². The Morgan fingerprint density at radius 2 is 1.71 bits per heavy atom. The lowest BCUT2D eigenvalue weighted by Gasteiger charge is -2.18. The van der Waals surface area contributed by atoms with Gasteiger partial charge >= 0.3 is 0 Å². The SMILES string of the molecule is CC(CNCC(O)C(C)C)c1ccc(F)cc1. The van der Waals surface area contributed by atoms with Gasteiger partial charge in [-0.15, -0.1) is 0 Å². The summed E-state index contributed by atoms with van der Waals surface area (Å²) in [6.45, 7) is 7.46. The molecule has 0 saturated heterocycles. The van der Waals surface area contributed by atoms with E-state index in [9.17, 15) is 9.50 Å². The molecule has 2 N–H and O–H groups in total. The molecule has 0 aliphatic rings. The Balaban J connectivity index is 2.34. The highest BCUT2D eigenvalue weighted by atomic mass is 19.1. The van der Waals surface area contributed by atoms with Gasteiger partial charge in [-0.1, -0.05) is 32.9 Å². The standard InChI is InChI=1S/C14H22FNO/c1-10(2)14(17)9-16-8-11(3)12-4-6-13(15)7-5-12/h4-7,10-11,14,16-17H,8-9H2,1-3H3. The number of hydrogen-bond donors (Lipinski definition) is 2. The summed E-state index contributed by atoms with van der Waals surface area (Å²) in [5.41, 5.74) is 1.11. The summed E-state index contributed by atoms with van der Waals surface area (Å²) < 4.78 is 12.7. The van der Waals surface area contributed by atoms with Gasteiger partial charge in [-0.25, -0.2) is 4.39 Å². The van der Waals surface area contributed by atoms with Crippen LogP contribution in [0.2, 0.25) is 0 Å². The van der Waals surface area contributed by atoms with Crippen LogP contribution in [0.25, 0.3) is 0 Å². The fourth-order valence-electron chi connectivity index (χ4n) is 1.59. The Kier molecular flexibility index (Phi) is 5.59. The van der Waals surface area contributed by atoms with Crippen molar-refractivity contribution < 1.29 is 9.50 Å². The average Bonchev–Trinajstić information content (AvgIpc) is 2.29. The van der Waals surface area contributed by atoms with E-state index in [1.807, 2.05) is 13.8 Å². The summed E-state index contributed by atoms with van der Waals surface area (Å²) in [5.74, 6) is 0.378. The van der Waals surface area contributed by atoms with Gasteiger partial charge in [0.15, 0.2) is 0 Å². The molecule has 2 nitrogen and oxygen atoms in total. The van der Waals surface area contributed by atoms with E-state index < -0.39 is 0 Å². The Morgan fingerprint density at radius 3 is 2.24 bits per heavy atom. The van der Waals surface area contributed by atoms with Gasteiger partial charge < -0.3 is 10.4 Å². The van der Waals surface area contributed by atoms with Crippen LogP contribution in [0.15, 0.2) is 24.3 Å². The van der Waals surface area contributed by atoms with Crippen molar-refractivity contribution >= 4 is 0 Å². The van der Waals surface area contributed by atoms with Crippen molar-refractivity contribution in [2.45, 2.75) is 32.8 Å². The van der Waals surface area contributed by atoms with E-state index in [2.05, 4.69) is 12.2 Å². The number of hydrogen-bond acceptors (Lipinski definition) is 2. The van der Waals surface area contributed by atoms with Crippen LogP contribution >= 0.6 is 0 Å². The van der Waals surface area contributed by atoms with E-state index in [1.165, 1.54) is 12.1 Å². The molecule has 17 heavy (non-hydrogen) atoms. The highest BCUT2D eigenvalue weighted by molar-refractivity contribution is 5.20. The molecule has 0 saturated carbocycles. The van der Waals surface area contributed by atoms with Gasteiger partial charge in [0, 0.05) is 13.1 Å². The first-order valence-electron chi connectivity index (χ1n) is 6.15. The van der Waals surface area contributed by atoms with Crippen molar-refractivity contribution in [3.8, 4) is 0 Å². The molecule has 0 aromatic heterocycles. The van der Waals surface area contributed by atoms with Gasteiger partial charge in [-0.2, -0.15) is 0 Å². The second-order valence-electron chi connectivity index (χ2n) is 4.92. The molecule has 1 rings (SSSR count). The Bertz CT molecular complexity index is 323. The first-order valence-corrected chi connectivity index (χ1v) is 6.15. The number of halogens is 1. The largest absolute Gasteiger partial charge is 0.392 e. The molecular formula is C14H22FNO. The molecule has 3 heteroatoms. The Morgan fingerprint density at radius 1 is 1.12 bits per heavy atom. The van der Waals surface area contributed by atoms with Gasteiger partial charge in [0.2, 0.25) is 0 Å². The quantitative estimate of drug-likeness (QED) is 0.799. The van der Waals surface area contributed by atoms with Crippen LogP contribution in [-0.4, -0.2) is 24.3 Å². The summed E-state index contributed by atoms with van der Waals surface area (Å²) in [6.07, 6.45) is -0.310. The predicted octanol–water partition coefficient (Wildman–Crippen LogP) is 2.54. The van der Waals surface area contributed by atoms with Crippen molar-refractivity contribution in [2.75, 3.05) is 13.1 Å². The maximum atomic E-state index is 12.7. The monoisotopic (exact) mass is 239 g/mol. The maximum absolute atomic E-state index is 12.7. The van der Waals surface area contributed by atoms with Crippen molar-refractivity contribution in [3.63, 3.8) is 0 Å². The lowest BCUT2D eigenvalue weighted by molar-refractivity contribution is 0.123. The molecule has 96 valence electrons. The third-order valence-electron chi connectivity index (χ3n) is 3.01. The maximum Gasteiger partial charge on any atom is 0.123 e. The smallest absolute Gasteiger partial charge is 0.123 e. The fourth-order valence-corrected chi connectivity index (χ4v) is 1.59. The molecule has 2 unspecified atom stereocenters. The normalized spacial score (nSPS) is 14.9. The first-order chi connectivity index (χ1) is 8.00. The molecule has 0 bridgehead atoms. The van der Waals surface area contributed by atoms with E-state index in [1.54, 1.807) is 12.1 Å². The van der Waals surface area contributed by atoms with E-state index in [0.717, 1.165) is 12.1 Å². The summed E-state index contributed by atoms with van der Waals surface area (Å²) in [4.78, 5) is 0. The average molecular weight is 239 g/mol. The zero-order chi connectivity index (χ0) is 12.8. The molecule has 0 spiro atoms. The van der Waals surface area contributed by atoms with Crippen LogP contribution in [-0.2, 0) is 0 Å². The molecule has 0 aliphatic carbocycles. The van der Waals surface area contributed by atoms with Gasteiger partial charge in [-0.05, 0) is 29.5 Å². The fraction of sp³-hybridized carbons (Fsp3) is 0.571. The number of benzene rings is 1. The lowest BCUT2D eigenvalue weighted by atomic mass is 10.0. The predicted molar refractivity (Wildman–Crippen MR) is 68.5 cm³/mol. The Labute approximate surface area is 103 Å². The van der Waals surface area contributed by atoms with Crippen LogP contribution in [0.1, 0.15) is 32.3 Å². The van der Waals surface area contributed by atoms with Crippen LogP contribution in [0.4, 0.5) is 4.39 Å². The molecular weight excluding hydrogens is 217 g/mol. The molecule has 0 aliphatic heterocycles. The van der Waals surface area contributed by atoms with Crippen molar-refractivity contribution in [3.05, 3.63) is 35.6 Å². The van der Waals surface area contributed by atoms with Crippen LogP contribution in [0, 0.1) is 11.7 Å². The highest BCUT2D eigenvalue weighted by Gasteiger charge is 2.10. The molecule has 0 heterocycles. The summed E-state index contributed by atoms with van der Waals surface area (Å²) in [6, 6.07) is 6.57. The minimum absolute atomic E-state index is 0.205. The number of aliphatic hydroxyl groups excluding tert-OH is 1. The van der Waals surface area contributed by atoms with Gasteiger partial charge in [0.1, 0.15) is 5.82 Å². The second kappa shape index (κ2) is 6.72. The Hall–Kier alpha value is -0.930. The number of rotatable bonds is 6. The zero-order valence-electron chi connectivity index (χ0n) is 10.8. The van der Waals surface area contributed by atoms with Crippen molar-refractivity contribution in [1.29, 1.82) is 0 Å². The van der Waals surface area contributed by atoms with Crippen molar-refractivity contribution in [1.82, 2.24) is 5.32 Å². The molecule has 0 fully saturated rings. The molecule has 1 aromatic carbocycles. The van der Waals surface area contributed by atoms with Gasteiger partial charge in [-0.3, -0.25) is 0 Å². The van der Waals surface area contributed by atoms with E-state index in [-0.39, 0.29) is 17.8 Å². The molecule has 0 radical (unpaired) electrons. The van der Waals surface area contributed by atoms with E-state index in [4.69, 9.17) is 0 Å². The van der Waals surface area contributed by atoms with E-state index in [0.29, 0.717) is 12.5 Å². The van der Waals surface area contributed by atoms with Crippen molar-refractivity contribution in [2.24, 2.45) is 5.92 Å². The first kappa shape index (κ1) is 14.1. The summed E-state index contributed by atoms with van der Waals surface area (Å²) >= 11 is 0. The third-order valence-corrected chi connectivity index (χ3v) is 3.01. The van der Waals surface area contributed by atoms with Crippen LogP contribution in [0.3, 0.4) is 0 Å². The molecule has 0 amide bonds. The number of nitrogens with one attached hydrogen (secondary N) is 1. The minimum atomic E-state index is -0.310. The van der Waals surface area contributed by atoms with Crippen LogP contribution in [0.5, 0.6) is 0 Å². The minimum Gasteiger partial charge on any atom is -0.392 e. The van der Waals surface area contributed by atoms with E-state index >= 15 is 0 Å². The summed E-state index contributed by atoms with van der Waals surface area (Å²) in [7, 11) is 0. The number of aliphatic hydroxyl groups is 1. The van der Waals surface area contributed by atoms with Gasteiger partial charge in [0.05, 0.1) is 6.10 Å². The lowest BCUT2D eigenvalue weighted by Crippen LogP contribution is -2.32. The third kappa shape index (κ3) is 4.84. The summed E-state index contributed by atoms with van der Waals surface area (Å²) in [5, 5.41) is 12.9. The highest BCUT2D eigenvalue weighted by Crippen LogP contribution is 2.14. The van der Waals surface area contributed by atoms with Gasteiger partial charge in [0.25, 0.3) is 0 Å².